The van der Waals surface area contributed by atoms with Crippen molar-refractivity contribution in [1.29, 1.82) is 0 Å². The smallest absolute Gasteiger partial charge is 0.129 e. The van der Waals surface area contributed by atoms with E-state index in [1.54, 1.807) is 18.3 Å². The molecule has 4 heteroatoms. The normalized spacial score (nSPS) is 12.1. The number of nitrogens with zero attached hydrogens (tertiary/aromatic N) is 1. The van der Waals surface area contributed by atoms with Gasteiger partial charge >= 0.3 is 0 Å². The van der Waals surface area contributed by atoms with Crippen molar-refractivity contribution in [2.45, 2.75) is 12.3 Å². The molecule has 1 aromatic heterocycles. The maximum atomic E-state index is 11.2. The minimum Gasteiger partial charge on any atom is -0.303 e. The monoisotopic (exact) mass is 279 g/mol. The Bertz CT molecular complexity index is 540. The molecule has 18 heavy (non-hydrogen) atoms. The molecule has 0 bridgehead atoms. The van der Waals surface area contributed by atoms with E-state index in [9.17, 15) is 4.79 Å². The van der Waals surface area contributed by atoms with Crippen molar-refractivity contribution in [3.05, 3.63) is 63.9 Å². The fourth-order valence-electron chi connectivity index (χ4n) is 1.75. The number of pyridine rings is 1. The highest BCUT2D eigenvalue weighted by molar-refractivity contribution is 6.30. The zero-order chi connectivity index (χ0) is 13.0. The molecule has 0 aliphatic rings. The first kappa shape index (κ1) is 13.1. The maximum Gasteiger partial charge on any atom is 0.129 e. The second-order valence-corrected chi connectivity index (χ2v) is 4.85. The van der Waals surface area contributed by atoms with Crippen LogP contribution in [0.1, 0.15) is 17.2 Å². The SMILES string of the molecule is O=CC(Cc1cccc(Cl)c1)c1ccc(Cl)cn1. The summed E-state index contributed by atoms with van der Waals surface area (Å²) < 4.78 is 0. The average Bonchev–Trinajstić information content (AvgIpc) is 2.37. The Hall–Kier alpha value is -1.38. The Morgan fingerprint density at radius 3 is 2.61 bits per heavy atom. The highest BCUT2D eigenvalue weighted by atomic mass is 35.5. The molecule has 1 atom stereocenters. The van der Waals surface area contributed by atoms with Gasteiger partial charge in [0.25, 0.3) is 0 Å². The van der Waals surface area contributed by atoms with Crippen LogP contribution in [0.3, 0.4) is 0 Å². The summed E-state index contributed by atoms with van der Waals surface area (Å²) >= 11 is 11.7. The Labute approximate surface area is 116 Å². The van der Waals surface area contributed by atoms with Crippen LogP contribution in [-0.4, -0.2) is 11.3 Å². The third-order valence-corrected chi connectivity index (χ3v) is 3.10. The number of benzene rings is 1. The lowest BCUT2D eigenvalue weighted by molar-refractivity contribution is -0.109. The fourth-order valence-corrected chi connectivity index (χ4v) is 2.07. The summed E-state index contributed by atoms with van der Waals surface area (Å²) in [5, 5.41) is 1.23. The molecule has 0 saturated carbocycles. The standard InChI is InChI=1S/C14H11Cl2NO/c15-12-3-1-2-10(7-12)6-11(9-18)14-5-4-13(16)8-17-14/h1-5,7-9,11H,6H2. The predicted octanol–water partition coefficient (Wildman–Crippen LogP) is 3.91. The number of aldehydes is 1. The summed E-state index contributed by atoms with van der Waals surface area (Å²) in [6, 6.07) is 11.0. The Balaban J connectivity index is 2.19. The molecular formula is C14H11Cl2NO. The Kier molecular flexibility index (Phi) is 4.34. The lowest BCUT2D eigenvalue weighted by Gasteiger charge is -2.10. The highest BCUT2D eigenvalue weighted by Crippen LogP contribution is 2.20. The van der Waals surface area contributed by atoms with Crippen LogP contribution in [-0.2, 0) is 11.2 Å². The zero-order valence-electron chi connectivity index (χ0n) is 9.51. The molecular weight excluding hydrogens is 269 g/mol. The Morgan fingerprint density at radius 2 is 2.00 bits per heavy atom. The first-order chi connectivity index (χ1) is 8.69. The van der Waals surface area contributed by atoms with Crippen molar-refractivity contribution in [1.82, 2.24) is 4.98 Å². The average molecular weight is 280 g/mol. The maximum absolute atomic E-state index is 11.2. The second-order valence-electron chi connectivity index (χ2n) is 3.98. The van der Waals surface area contributed by atoms with E-state index in [0.717, 1.165) is 17.5 Å². The van der Waals surface area contributed by atoms with Crippen LogP contribution in [0.25, 0.3) is 0 Å². The van der Waals surface area contributed by atoms with Gasteiger partial charge in [-0.1, -0.05) is 35.3 Å². The number of carbonyl (C=O) groups excluding carboxylic acids is 1. The van der Waals surface area contributed by atoms with Gasteiger partial charge < -0.3 is 4.79 Å². The minimum atomic E-state index is -0.277. The number of hydrogen-bond donors (Lipinski definition) is 0. The molecule has 1 aromatic carbocycles. The molecule has 0 N–H and O–H groups in total. The molecule has 0 amide bonds. The molecule has 2 nitrogen and oxygen atoms in total. The topological polar surface area (TPSA) is 30.0 Å². The molecule has 2 aromatic rings. The largest absolute Gasteiger partial charge is 0.303 e. The van der Waals surface area contributed by atoms with Crippen LogP contribution in [0.15, 0.2) is 42.6 Å². The van der Waals surface area contributed by atoms with Crippen LogP contribution in [0.5, 0.6) is 0 Å². The van der Waals surface area contributed by atoms with Crippen molar-refractivity contribution in [2.24, 2.45) is 0 Å². The molecule has 0 aliphatic heterocycles. The number of carbonyl (C=O) groups is 1. The quantitative estimate of drug-likeness (QED) is 0.795. The molecule has 92 valence electrons. The van der Waals surface area contributed by atoms with Gasteiger partial charge in [0.15, 0.2) is 0 Å². The van der Waals surface area contributed by atoms with E-state index in [-0.39, 0.29) is 5.92 Å². The van der Waals surface area contributed by atoms with Crippen molar-refractivity contribution >= 4 is 29.5 Å². The van der Waals surface area contributed by atoms with Gasteiger partial charge in [0.05, 0.1) is 16.6 Å². The van der Waals surface area contributed by atoms with Crippen LogP contribution in [0.4, 0.5) is 0 Å². The van der Waals surface area contributed by atoms with Gasteiger partial charge in [-0.3, -0.25) is 4.98 Å². The van der Waals surface area contributed by atoms with Crippen LogP contribution >= 0.6 is 23.2 Å². The van der Waals surface area contributed by atoms with Crippen molar-refractivity contribution in [2.75, 3.05) is 0 Å². The van der Waals surface area contributed by atoms with Crippen molar-refractivity contribution in [3.8, 4) is 0 Å². The Morgan fingerprint density at radius 1 is 1.17 bits per heavy atom. The van der Waals surface area contributed by atoms with Crippen LogP contribution in [0.2, 0.25) is 10.0 Å². The molecule has 1 unspecified atom stereocenters. The van der Waals surface area contributed by atoms with Gasteiger partial charge in [-0.2, -0.15) is 0 Å². The molecule has 0 radical (unpaired) electrons. The van der Waals surface area contributed by atoms with E-state index >= 15 is 0 Å². The molecule has 0 aliphatic carbocycles. The van der Waals surface area contributed by atoms with Crippen LogP contribution < -0.4 is 0 Å². The summed E-state index contributed by atoms with van der Waals surface area (Å²) in [6.07, 6.45) is 3.03. The molecule has 0 saturated heterocycles. The summed E-state index contributed by atoms with van der Waals surface area (Å²) in [5.41, 5.74) is 1.73. The van der Waals surface area contributed by atoms with Gasteiger partial charge in [0.2, 0.25) is 0 Å². The van der Waals surface area contributed by atoms with Gasteiger partial charge in [0, 0.05) is 11.2 Å². The lowest BCUT2D eigenvalue weighted by Crippen LogP contribution is -2.06. The number of rotatable bonds is 4. The second kappa shape index (κ2) is 5.98. The first-order valence-electron chi connectivity index (χ1n) is 5.50. The van der Waals surface area contributed by atoms with Gasteiger partial charge in [-0.25, -0.2) is 0 Å². The van der Waals surface area contributed by atoms with Gasteiger partial charge in [-0.15, -0.1) is 0 Å². The number of halogens is 2. The van der Waals surface area contributed by atoms with E-state index in [1.165, 1.54) is 0 Å². The third kappa shape index (κ3) is 3.31. The van der Waals surface area contributed by atoms with E-state index in [1.807, 2.05) is 24.3 Å². The van der Waals surface area contributed by atoms with Gasteiger partial charge in [-0.05, 0) is 36.2 Å². The lowest BCUT2D eigenvalue weighted by atomic mass is 9.97. The van der Waals surface area contributed by atoms with E-state index in [2.05, 4.69) is 4.98 Å². The summed E-state index contributed by atoms with van der Waals surface area (Å²) in [6.45, 7) is 0. The molecule has 1 heterocycles. The van der Waals surface area contributed by atoms with Gasteiger partial charge in [0.1, 0.15) is 6.29 Å². The summed E-state index contributed by atoms with van der Waals surface area (Å²) in [5.74, 6) is -0.277. The zero-order valence-corrected chi connectivity index (χ0v) is 11.0. The summed E-state index contributed by atoms with van der Waals surface area (Å²) in [7, 11) is 0. The van der Waals surface area contributed by atoms with E-state index in [0.29, 0.717) is 16.5 Å². The fraction of sp³-hybridized carbons (Fsp3) is 0.143. The van der Waals surface area contributed by atoms with Crippen LogP contribution in [0, 0.1) is 0 Å². The summed E-state index contributed by atoms with van der Waals surface area (Å²) in [4.78, 5) is 15.3. The predicted molar refractivity (Wildman–Crippen MR) is 73.2 cm³/mol. The highest BCUT2D eigenvalue weighted by Gasteiger charge is 2.12. The van der Waals surface area contributed by atoms with E-state index in [4.69, 9.17) is 23.2 Å². The molecule has 0 fully saturated rings. The van der Waals surface area contributed by atoms with Crippen molar-refractivity contribution < 1.29 is 4.79 Å². The van der Waals surface area contributed by atoms with E-state index < -0.39 is 0 Å². The van der Waals surface area contributed by atoms with Crippen molar-refractivity contribution in [3.63, 3.8) is 0 Å². The first-order valence-corrected chi connectivity index (χ1v) is 6.26. The minimum absolute atomic E-state index is 0.277. The number of hydrogen-bond acceptors (Lipinski definition) is 2. The third-order valence-electron chi connectivity index (χ3n) is 2.64. The molecule has 2 rings (SSSR count). The molecule has 0 spiro atoms. The number of aromatic nitrogens is 1.